The molecule has 2 N–H and O–H groups in total. The van der Waals surface area contributed by atoms with Gasteiger partial charge in [-0.1, -0.05) is 26.2 Å². The molecule has 1 saturated heterocycles. The third kappa shape index (κ3) is 4.85. The van der Waals surface area contributed by atoms with E-state index >= 15 is 0 Å². The van der Waals surface area contributed by atoms with Gasteiger partial charge in [-0.15, -0.1) is 0 Å². The topological polar surface area (TPSA) is 69.9 Å². The summed E-state index contributed by atoms with van der Waals surface area (Å²) in [6, 6.07) is 0.254. The quantitative estimate of drug-likeness (QED) is 0.460. The number of hydrazine groups is 1. The summed E-state index contributed by atoms with van der Waals surface area (Å²) in [5, 5.41) is 1.25. The summed E-state index contributed by atoms with van der Waals surface area (Å²) in [4.78, 5) is 28.5. The number of unbranched alkanes of at least 4 members (excludes halogenated alkanes) is 1. The highest BCUT2D eigenvalue weighted by molar-refractivity contribution is 5.78. The standard InChI is InChI=1S/C18H34N4O2/c1-3-4-12-20(2)17(23)11-14-22(19)18(24)21-13-7-9-15-8-5-6-10-16(15)21/h15-16H,3-14,19H2,1-2H3. The third-order valence-electron chi connectivity index (χ3n) is 5.57. The Labute approximate surface area is 146 Å². The summed E-state index contributed by atoms with van der Waals surface area (Å²) in [5.41, 5.74) is 0. The fraction of sp³-hybridized carbons (Fsp3) is 0.889. The van der Waals surface area contributed by atoms with Crippen molar-refractivity contribution in [2.24, 2.45) is 11.8 Å². The largest absolute Gasteiger partial charge is 0.346 e. The highest BCUT2D eigenvalue weighted by Crippen LogP contribution is 2.35. The van der Waals surface area contributed by atoms with Gasteiger partial charge in [-0.05, 0) is 38.0 Å². The van der Waals surface area contributed by atoms with Gasteiger partial charge in [-0.2, -0.15) is 0 Å². The predicted molar refractivity (Wildman–Crippen MR) is 95.1 cm³/mol. The summed E-state index contributed by atoms with van der Waals surface area (Å²) in [5.74, 6) is 6.69. The van der Waals surface area contributed by atoms with Crippen molar-refractivity contribution in [3.05, 3.63) is 0 Å². The van der Waals surface area contributed by atoms with Crippen LogP contribution in [0.2, 0.25) is 0 Å². The van der Waals surface area contributed by atoms with Gasteiger partial charge in [0.25, 0.3) is 0 Å². The molecule has 3 amide bonds. The molecule has 1 saturated carbocycles. The van der Waals surface area contributed by atoms with Gasteiger partial charge < -0.3 is 9.80 Å². The van der Waals surface area contributed by atoms with Gasteiger partial charge in [-0.25, -0.2) is 10.6 Å². The first-order chi connectivity index (χ1) is 11.5. The minimum Gasteiger partial charge on any atom is -0.346 e. The molecule has 1 heterocycles. The smallest absolute Gasteiger partial charge is 0.334 e. The summed E-state index contributed by atoms with van der Waals surface area (Å²) in [6.45, 7) is 3.97. The Hall–Kier alpha value is -1.30. The molecule has 0 radical (unpaired) electrons. The van der Waals surface area contributed by atoms with E-state index in [1.54, 1.807) is 4.90 Å². The van der Waals surface area contributed by atoms with Gasteiger partial charge in [0, 0.05) is 39.1 Å². The number of fused-ring (bicyclic) bond motifs is 1. The highest BCUT2D eigenvalue weighted by atomic mass is 16.2. The Morgan fingerprint density at radius 1 is 1.12 bits per heavy atom. The number of nitrogens with two attached hydrogens (primary N) is 1. The number of carbonyl (C=O) groups is 2. The van der Waals surface area contributed by atoms with E-state index in [1.807, 2.05) is 11.9 Å². The zero-order chi connectivity index (χ0) is 17.5. The maximum Gasteiger partial charge on any atom is 0.334 e. The van der Waals surface area contributed by atoms with Crippen LogP contribution in [0.5, 0.6) is 0 Å². The van der Waals surface area contributed by atoms with Gasteiger partial charge in [0.05, 0.1) is 0 Å². The SMILES string of the molecule is CCCCN(C)C(=O)CCN(N)C(=O)N1CCCC2CCCCC21. The summed E-state index contributed by atoms with van der Waals surface area (Å²) in [6.07, 6.45) is 9.50. The highest BCUT2D eigenvalue weighted by Gasteiger charge is 2.36. The fourth-order valence-electron chi connectivity index (χ4n) is 4.05. The molecule has 24 heavy (non-hydrogen) atoms. The molecule has 0 aromatic carbocycles. The molecule has 0 aromatic heterocycles. The van der Waals surface area contributed by atoms with Crippen molar-refractivity contribution in [1.29, 1.82) is 0 Å². The lowest BCUT2D eigenvalue weighted by atomic mass is 9.78. The maximum absolute atomic E-state index is 12.7. The van der Waals surface area contributed by atoms with E-state index in [-0.39, 0.29) is 11.9 Å². The number of piperidine rings is 1. The average Bonchev–Trinajstić information content (AvgIpc) is 2.62. The zero-order valence-electron chi connectivity index (χ0n) is 15.4. The van der Waals surface area contributed by atoms with E-state index in [1.165, 1.54) is 30.7 Å². The van der Waals surface area contributed by atoms with Crippen LogP contribution in [0.15, 0.2) is 0 Å². The second-order valence-electron chi connectivity index (χ2n) is 7.34. The monoisotopic (exact) mass is 338 g/mol. The first-order valence-corrected chi connectivity index (χ1v) is 9.61. The Kier molecular flexibility index (Phi) is 7.34. The van der Waals surface area contributed by atoms with Crippen LogP contribution in [0.25, 0.3) is 0 Å². The van der Waals surface area contributed by atoms with Crippen molar-refractivity contribution < 1.29 is 9.59 Å². The normalized spacial score (nSPS) is 23.5. The summed E-state index contributed by atoms with van der Waals surface area (Å²) < 4.78 is 0. The summed E-state index contributed by atoms with van der Waals surface area (Å²) >= 11 is 0. The van der Waals surface area contributed by atoms with E-state index < -0.39 is 0 Å². The van der Waals surface area contributed by atoms with E-state index in [4.69, 9.17) is 5.84 Å². The van der Waals surface area contributed by atoms with Crippen molar-refractivity contribution in [3.63, 3.8) is 0 Å². The van der Waals surface area contributed by atoms with Crippen molar-refractivity contribution in [2.45, 2.75) is 70.8 Å². The lowest BCUT2D eigenvalue weighted by Crippen LogP contribution is -2.56. The first kappa shape index (κ1) is 19.0. The van der Waals surface area contributed by atoms with E-state index in [9.17, 15) is 9.59 Å². The van der Waals surface area contributed by atoms with E-state index in [2.05, 4.69) is 6.92 Å². The van der Waals surface area contributed by atoms with Crippen LogP contribution < -0.4 is 5.84 Å². The van der Waals surface area contributed by atoms with Crippen LogP contribution in [-0.4, -0.2) is 59.5 Å². The zero-order valence-corrected chi connectivity index (χ0v) is 15.4. The van der Waals surface area contributed by atoms with Crippen LogP contribution >= 0.6 is 0 Å². The molecular weight excluding hydrogens is 304 g/mol. The molecule has 0 spiro atoms. The molecule has 2 aliphatic rings. The van der Waals surface area contributed by atoms with Gasteiger partial charge >= 0.3 is 6.03 Å². The second kappa shape index (κ2) is 9.25. The van der Waals surface area contributed by atoms with Gasteiger partial charge in [0.15, 0.2) is 0 Å². The second-order valence-corrected chi connectivity index (χ2v) is 7.34. The maximum atomic E-state index is 12.7. The van der Waals surface area contributed by atoms with Crippen molar-refractivity contribution in [1.82, 2.24) is 14.8 Å². The molecular formula is C18H34N4O2. The number of amides is 3. The Balaban J connectivity index is 1.81. The Bertz CT molecular complexity index is 427. The molecule has 6 heteroatoms. The van der Waals surface area contributed by atoms with E-state index in [0.29, 0.717) is 24.9 Å². The van der Waals surface area contributed by atoms with Gasteiger partial charge in [0.1, 0.15) is 0 Å². The fourth-order valence-corrected chi connectivity index (χ4v) is 4.05. The van der Waals surface area contributed by atoms with Gasteiger partial charge in [-0.3, -0.25) is 9.80 Å². The molecule has 0 bridgehead atoms. The molecule has 2 atom stereocenters. The van der Waals surface area contributed by atoms with Gasteiger partial charge in [0.2, 0.25) is 5.91 Å². The minimum atomic E-state index is -0.101. The number of likely N-dealkylation sites (tertiary alicyclic amines) is 1. The molecule has 138 valence electrons. The molecule has 2 fully saturated rings. The van der Waals surface area contributed by atoms with E-state index in [0.717, 1.165) is 38.8 Å². The Morgan fingerprint density at radius 2 is 1.83 bits per heavy atom. The third-order valence-corrected chi connectivity index (χ3v) is 5.57. The van der Waals surface area contributed by atoms with Crippen molar-refractivity contribution in [2.75, 3.05) is 26.7 Å². The molecule has 0 aromatic rings. The van der Waals surface area contributed by atoms with Crippen LogP contribution in [0.3, 0.4) is 0 Å². The molecule has 2 rings (SSSR count). The van der Waals surface area contributed by atoms with Crippen molar-refractivity contribution in [3.8, 4) is 0 Å². The average molecular weight is 338 g/mol. The molecule has 1 aliphatic carbocycles. The number of hydrogen-bond acceptors (Lipinski definition) is 3. The predicted octanol–water partition coefficient (Wildman–Crippen LogP) is 2.59. The van der Waals surface area contributed by atoms with Crippen LogP contribution in [0.4, 0.5) is 4.79 Å². The molecule has 2 unspecified atom stereocenters. The number of nitrogens with zero attached hydrogens (tertiary/aromatic N) is 3. The molecule has 1 aliphatic heterocycles. The van der Waals surface area contributed by atoms with Crippen LogP contribution in [-0.2, 0) is 4.79 Å². The first-order valence-electron chi connectivity index (χ1n) is 9.61. The number of carbonyl (C=O) groups excluding carboxylic acids is 2. The number of urea groups is 1. The lowest BCUT2D eigenvalue weighted by Gasteiger charge is -2.45. The van der Waals surface area contributed by atoms with Crippen molar-refractivity contribution >= 4 is 11.9 Å². The minimum absolute atomic E-state index is 0.0564. The Morgan fingerprint density at radius 3 is 2.58 bits per heavy atom. The number of hydrogen-bond donors (Lipinski definition) is 1. The number of rotatable bonds is 6. The van der Waals surface area contributed by atoms with Crippen LogP contribution in [0.1, 0.15) is 64.7 Å². The molecule has 6 nitrogen and oxygen atoms in total. The summed E-state index contributed by atoms with van der Waals surface area (Å²) in [7, 11) is 1.82. The lowest BCUT2D eigenvalue weighted by molar-refractivity contribution is -0.130. The van der Waals surface area contributed by atoms with Crippen LogP contribution in [0, 0.1) is 5.92 Å².